The van der Waals surface area contributed by atoms with Crippen molar-refractivity contribution < 1.29 is 27.5 Å². The number of esters is 1. The number of hydrogen-bond donors (Lipinski definition) is 0. The quantitative estimate of drug-likeness (QED) is 0.702. The summed E-state index contributed by atoms with van der Waals surface area (Å²) in [5, 5.41) is 0. The number of carbonyl (C=O) groups is 2. The molecule has 9 heteroatoms. The molecule has 1 atom stereocenters. The number of ether oxygens (including phenoxy) is 2. The minimum Gasteiger partial charge on any atom is -0.467 e. The largest absolute Gasteiger partial charge is 0.467 e. The molecular formula is C18H24N2O6S. The number of amides is 1. The molecule has 1 amide bonds. The molecule has 0 saturated carbocycles. The number of sulfonamides is 1. The van der Waals surface area contributed by atoms with Crippen molar-refractivity contribution in [1.82, 2.24) is 9.21 Å². The number of likely N-dealkylation sites (tertiary alicyclic amines) is 1. The lowest BCUT2D eigenvalue weighted by Gasteiger charge is -2.34. The van der Waals surface area contributed by atoms with E-state index in [1.165, 1.54) is 28.4 Å². The first kappa shape index (κ1) is 19.8. The van der Waals surface area contributed by atoms with E-state index in [1.54, 1.807) is 12.1 Å². The molecule has 0 N–H and O–H groups in total. The van der Waals surface area contributed by atoms with Crippen LogP contribution in [0.2, 0.25) is 0 Å². The summed E-state index contributed by atoms with van der Waals surface area (Å²) < 4.78 is 37.0. The van der Waals surface area contributed by atoms with Crippen molar-refractivity contribution >= 4 is 21.9 Å². The van der Waals surface area contributed by atoms with Gasteiger partial charge in [0.15, 0.2) is 0 Å². The Balaban J connectivity index is 1.86. The third-order valence-electron chi connectivity index (χ3n) is 4.93. The van der Waals surface area contributed by atoms with Gasteiger partial charge in [-0.2, -0.15) is 4.31 Å². The van der Waals surface area contributed by atoms with Gasteiger partial charge in [0.05, 0.1) is 25.2 Å². The second-order valence-corrected chi connectivity index (χ2v) is 8.52. The van der Waals surface area contributed by atoms with Gasteiger partial charge >= 0.3 is 5.97 Å². The highest BCUT2D eigenvalue weighted by Gasteiger charge is 2.34. The van der Waals surface area contributed by atoms with Crippen molar-refractivity contribution in [1.29, 1.82) is 0 Å². The highest BCUT2D eigenvalue weighted by atomic mass is 32.2. The van der Waals surface area contributed by atoms with Crippen LogP contribution in [-0.2, 0) is 24.3 Å². The normalized spacial score (nSPS) is 21.7. The molecule has 1 aromatic rings. The fourth-order valence-corrected chi connectivity index (χ4v) is 4.90. The predicted octanol–water partition coefficient (Wildman–Crippen LogP) is 0.875. The number of carbonyl (C=O) groups excluding carboxylic acids is 2. The predicted molar refractivity (Wildman–Crippen MR) is 96.7 cm³/mol. The number of methoxy groups -OCH3 is 1. The van der Waals surface area contributed by atoms with E-state index < -0.39 is 22.0 Å². The van der Waals surface area contributed by atoms with Gasteiger partial charge in [0.2, 0.25) is 10.0 Å². The second-order valence-electron chi connectivity index (χ2n) is 6.58. The van der Waals surface area contributed by atoms with Gasteiger partial charge in [-0.1, -0.05) is 6.07 Å². The van der Waals surface area contributed by atoms with Gasteiger partial charge in [-0.05, 0) is 37.5 Å². The Labute approximate surface area is 159 Å². The van der Waals surface area contributed by atoms with Crippen LogP contribution in [0.1, 0.15) is 29.6 Å². The monoisotopic (exact) mass is 396 g/mol. The molecule has 0 aliphatic carbocycles. The first-order chi connectivity index (χ1) is 12.9. The van der Waals surface area contributed by atoms with Crippen molar-refractivity contribution in [3.8, 4) is 0 Å². The van der Waals surface area contributed by atoms with E-state index in [2.05, 4.69) is 0 Å². The molecule has 148 valence electrons. The smallest absolute Gasteiger partial charge is 0.328 e. The Morgan fingerprint density at radius 3 is 2.59 bits per heavy atom. The van der Waals surface area contributed by atoms with Crippen LogP contribution < -0.4 is 0 Å². The fraction of sp³-hybridized carbons (Fsp3) is 0.556. The zero-order valence-electron chi connectivity index (χ0n) is 15.3. The summed E-state index contributed by atoms with van der Waals surface area (Å²) in [5.41, 5.74) is 0.250. The van der Waals surface area contributed by atoms with Crippen molar-refractivity contribution in [2.45, 2.75) is 30.2 Å². The van der Waals surface area contributed by atoms with E-state index in [0.29, 0.717) is 26.2 Å². The van der Waals surface area contributed by atoms with E-state index in [-0.39, 0.29) is 29.5 Å². The third kappa shape index (κ3) is 4.15. The Bertz CT molecular complexity index is 804. The van der Waals surface area contributed by atoms with Gasteiger partial charge in [-0.25, -0.2) is 13.2 Å². The van der Waals surface area contributed by atoms with Crippen molar-refractivity contribution in [3.63, 3.8) is 0 Å². The molecule has 3 rings (SSSR count). The highest BCUT2D eigenvalue weighted by Crippen LogP contribution is 2.23. The van der Waals surface area contributed by atoms with Crippen LogP contribution in [0.25, 0.3) is 0 Å². The fourth-order valence-electron chi connectivity index (χ4n) is 3.45. The average Bonchev–Trinajstić information content (AvgIpc) is 2.73. The molecule has 2 aliphatic rings. The molecule has 2 heterocycles. The molecule has 1 aromatic carbocycles. The Kier molecular flexibility index (Phi) is 6.13. The van der Waals surface area contributed by atoms with E-state index in [1.807, 2.05) is 0 Å². The number of nitrogens with zero attached hydrogens (tertiary/aromatic N) is 2. The summed E-state index contributed by atoms with van der Waals surface area (Å²) in [4.78, 5) is 26.5. The van der Waals surface area contributed by atoms with Crippen LogP contribution in [0.15, 0.2) is 29.2 Å². The van der Waals surface area contributed by atoms with Gasteiger partial charge in [0, 0.05) is 25.2 Å². The second kappa shape index (κ2) is 8.37. The van der Waals surface area contributed by atoms with Crippen LogP contribution in [-0.4, -0.2) is 75.5 Å². The number of hydrogen-bond acceptors (Lipinski definition) is 6. The lowest BCUT2D eigenvalue weighted by Crippen LogP contribution is -2.48. The minimum atomic E-state index is -3.69. The van der Waals surface area contributed by atoms with Crippen LogP contribution in [0.5, 0.6) is 0 Å². The summed E-state index contributed by atoms with van der Waals surface area (Å²) in [6.45, 7) is 1.73. The zero-order chi connectivity index (χ0) is 19.4. The molecule has 2 fully saturated rings. The highest BCUT2D eigenvalue weighted by molar-refractivity contribution is 7.89. The van der Waals surface area contributed by atoms with E-state index in [9.17, 15) is 18.0 Å². The maximum absolute atomic E-state index is 13.0. The summed E-state index contributed by atoms with van der Waals surface area (Å²) in [7, 11) is -2.39. The van der Waals surface area contributed by atoms with Gasteiger partial charge in [-0.3, -0.25) is 4.79 Å². The molecule has 0 aromatic heterocycles. The van der Waals surface area contributed by atoms with Crippen LogP contribution >= 0.6 is 0 Å². The average molecular weight is 396 g/mol. The maximum Gasteiger partial charge on any atom is 0.328 e. The molecule has 0 radical (unpaired) electrons. The van der Waals surface area contributed by atoms with Crippen molar-refractivity contribution in [2.24, 2.45) is 0 Å². The lowest BCUT2D eigenvalue weighted by atomic mass is 10.0. The SMILES string of the molecule is COC(=O)[C@H]1CCCCN1C(=O)c1cccc(S(=O)(=O)N2CCOCC2)c1. The molecule has 0 unspecified atom stereocenters. The Hall–Kier alpha value is -1.97. The van der Waals surface area contributed by atoms with Gasteiger partial charge in [0.25, 0.3) is 5.91 Å². The first-order valence-corrected chi connectivity index (χ1v) is 10.5. The van der Waals surface area contributed by atoms with Crippen LogP contribution in [0, 0.1) is 0 Å². The zero-order valence-corrected chi connectivity index (χ0v) is 16.1. The standard InChI is InChI=1S/C18H24N2O6S/c1-25-18(22)16-7-2-3-8-20(16)17(21)14-5-4-6-15(13-14)27(23,24)19-9-11-26-12-10-19/h4-6,13,16H,2-3,7-12H2,1H3/t16-/m1/s1. The summed E-state index contributed by atoms with van der Waals surface area (Å²) >= 11 is 0. The number of piperidine rings is 1. The van der Waals surface area contributed by atoms with Gasteiger partial charge < -0.3 is 14.4 Å². The molecule has 2 aliphatic heterocycles. The first-order valence-electron chi connectivity index (χ1n) is 9.02. The molecule has 0 spiro atoms. The molecule has 0 bridgehead atoms. The van der Waals surface area contributed by atoms with Gasteiger partial charge in [-0.15, -0.1) is 0 Å². The lowest BCUT2D eigenvalue weighted by molar-refractivity contribution is -0.147. The maximum atomic E-state index is 13.0. The van der Waals surface area contributed by atoms with E-state index >= 15 is 0 Å². The van der Waals surface area contributed by atoms with Crippen LogP contribution in [0.3, 0.4) is 0 Å². The summed E-state index contributed by atoms with van der Waals surface area (Å²) in [6.07, 6.45) is 2.18. The molecular weight excluding hydrogens is 372 g/mol. The third-order valence-corrected chi connectivity index (χ3v) is 6.82. The van der Waals surface area contributed by atoms with Crippen molar-refractivity contribution in [3.05, 3.63) is 29.8 Å². The Morgan fingerprint density at radius 2 is 1.89 bits per heavy atom. The van der Waals surface area contributed by atoms with E-state index in [4.69, 9.17) is 9.47 Å². The molecule has 8 nitrogen and oxygen atoms in total. The topological polar surface area (TPSA) is 93.2 Å². The van der Waals surface area contributed by atoms with Gasteiger partial charge in [0.1, 0.15) is 6.04 Å². The number of rotatable bonds is 4. The van der Waals surface area contributed by atoms with E-state index in [0.717, 1.165) is 12.8 Å². The Morgan fingerprint density at radius 1 is 1.15 bits per heavy atom. The summed E-state index contributed by atoms with van der Waals surface area (Å²) in [5.74, 6) is -0.802. The number of morpholine rings is 1. The molecule has 27 heavy (non-hydrogen) atoms. The van der Waals surface area contributed by atoms with Crippen LogP contribution in [0.4, 0.5) is 0 Å². The molecule has 2 saturated heterocycles. The summed E-state index contributed by atoms with van der Waals surface area (Å²) in [6, 6.07) is 5.36. The number of benzene rings is 1. The minimum absolute atomic E-state index is 0.0712. The van der Waals surface area contributed by atoms with Crippen molar-refractivity contribution in [2.75, 3.05) is 40.0 Å².